The summed E-state index contributed by atoms with van der Waals surface area (Å²) < 4.78 is 19.4. The van der Waals surface area contributed by atoms with Gasteiger partial charge in [0.25, 0.3) is 0 Å². The van der Waals surface area contributed by atoms with Gasteiger partial charge in [0.05, 0.1) is 12.2 Å². The quantitative estimate of drug-likeness (QED) is 0.422. The topological polar surface area (TPSA) is 62.5 Å². The number of nitrogens with zero attached hydrogens (tertiary/aromatic N) is 2. The summed E-state index contributed by atoms with van der Waals surface area (Å²) >= 11 is 0. The fourth-order valence-corrected chi connectivity index (χ4v) is 3.46. The van der Waals surface area contributed by atoms with Gasteiger partial charge in [-0.1, -0.05) is 23.4 Å². The molecule has 0 unspecified atom stereocenters. The van der Waals surface area contributed by atoms with Crippen molar-refractivity contribution in [2.75, 3.05) is 19.6 Å². The van der Waals surface area contributed by atoms with Gasteiger partial charge in [0.2, 0.25) is 0 Å². The van der Waals surface area contributed by atoms with Gasteiger partial charge in [0, 0.05) is 24.1 Å². The summed E-state index contributed by atoms with van der Waals surface area (Å²) in [5.41, 5.74) is 2.82. The van der Waals surface area contributed by atoms with Crippen LogP contribution in [0.25, 0.3) is 0 Å². The van der Waals surface area contributed by atoms with E-state index >= 15 is 0 Å². The van der Waals surface area contributed by atoms with Crippen molar-refractivity contribution in [1.82, 2.24) is 15.8 Å². The molecule has 1 saturated carbocycles. The van der Waals surface area contributed by atoms with E-state index in [0.717, 1.165) is 61.7 Å². The third-order valence-corrected chi connectivity index (χ3v) is 5.26. The molecule has 0 aliphatic heterocycles. The molecule has 0 amide bonds. The number of halogens is 1. The molecule has 0 bridgehead atoms. The van der Waals surface area contributed by atoms with Crippen LogP contribution in [0.5, 0.6) is 0 Å². The Balaban J connectivity index is 1.55. The maximum absolute atomic E-state index is 14.2. The standard InChI is InChI=1S/C21H29FN4O/c1-4-23-20(24-13-7-8-17-15(2)26-27-16(17)3)25-14-21(11-12-21)18-9-5-6-10-19(18)22/h5-6,9-10H,4,7-8,11-14H2,1-3H3,(H2,23,24,25). The summed E-state index contributed by atoms with van der Waals surface area (Å²) in [6.45, 7) is 8.18. The molecular weight excluding hydrogens is 343 g/mol. The van der Waals surface area contributed by atoms with Gasteiger partial charge in [0.1, 0.15) is 11.6 Å². The summed E-state index contributed by atoms with van der Waals surface area (Å²) in [7, 11) is 0. The summed E-state index contributed by atoms with van der Waals surface area (Å²) in [6.07, 6.45) is 3.87. The number of aromatic nitrogens is 1. The molecule has 0 radical (unpaired) electrons. The SMILES string of the molecule is CCNC(=NCC1(c2ccccc2F)CC1)NCCCc1c(C)noc1C. The van der Waals surface area contributed by atoms with Crippen LogP contribution in [0.4, 0.5) is 4.39 Å². The lowest BCUT2D eigenvalue weighted by atomic mass is 9.95. The Hall–Kier alpha value is -2.37. The average molecular weight is 372 g/mol. The third-order valence-electron chi connectivity index (χ3n) is 5.26. The van der Waals surface area contributed by atoms with Gasteiger partial charge in [-0.2, -0.15) is 0 Å². The zero-order valence-electron chi connectivity index (χ0n) is 16.4. The number of guanidine groups is 1. The second-order valence-electron chi connectivity index (χ2n) is 7.29. The molecular formula is C21H29FN4O. The van der Waals surface area contributed by atoms with Crippen molar-refractivity contribution in [1.29, 1.82) is 0 Å². The molecule has 1 aliphatic rings. The maximum atomic E-state index is 14.2. The lowest BCUT2D eigenvalue weighted by Crippen LogP contribution is -2.38. The van der Waals surface area contributed by atoms with Gasteiger partial charge in [-0.15, -0.1) is 0 Å². The summed E-state index contributed by atoms with van der Waals surface area (Å²) in [5, 5.41) is 10.7. The predicted octanol–water partition coefficient (Wildman–Crippen LogP) is 3.65. The van der Waals surface area contributed by atoms with Crippen LogP contribution in [0, 0.1) is 19.7 Å². The molecule has 1 aromatic heterocycles. The van der Waals surface area contributed by atoms with Crippen molar-refractivity contribution in [3.63, 3.8) is 0 Å². The van der Waals surface area contributed by atoms with Gasteiger partial charge in [-0.05, 0) is 58.1 Å². The monoisotopic (exact) mass is 372 g/mol. The number of rotatable bonds is 8. The number of aliphatic imine (C=N–C) groups is 1. The lowest BCUT2D eigenvalue weighted by molar-refractivity contribution is 0.392. The smallest absolute Gasteiger partial charge is 0.191 e. The normalized spacial score (nSPS) is 15.6. The Morgan fingerprint density at radius 2 is 2.04 bits per heavy atom. The van der Waals surface area contributed by atoms with E-state index in [0.29, 0.717) is 6.54 Å². The molecule has 0 atom stereocenters. The molecule has 2 aromatic rings. The molecule has 5 nitrogen and oxygen atoms in total. The highest BCUT2D eigenvalue weighted by Gasteiger charge is 2.45. The van der Waals surface area contributed by atoms with Gasteiger partial charge >= 0.3 is 0 Å². The Labute approximate surface area is 160 Å². The van der Waals surface area contributed by atoms with E-state index < -0.39 is 0 Å². The van der Waals surface area contributed by atoms with E-state index in [-0.39, 0.29) is 11.2 Å². The van der Waals surface area contributed by atoms with E-state index in [9.17, 15) is 4.39 Å². The first kappa shape index (κ1) is 19.4. The van der Waals surface area contributed by atoms with Gasteiger partial charge in [-0.3, -0.25) is 4.99 Å². The number of hydrogen-bond acceptors (Lipinski definition) is 3. The fraction of sp³-hybridized carbons (Fsp3) is 0.524. The first-order chi connectivity index (χ1) is 13.1. The molecule has 0 saturated heterocycles. The van der Waals surface area contributed by atoms with Crippen molar-refractivity contribution in [2.24, 2.45) is 4.99 Å². The molecule has 1 aromatic carbocycles. The van der Waals surface area contributed by atoms with Crippen LogP contribution in [0.3, 0.4) is 0 Å². The van der Waals surface area contributed by atoms with Crippen molar-refractivity contribution in [3.05, 3.63) is 52.7 Å². The molecule has 1 fully saturated rings. The summed E-state index contributed by atoms with van der Waals surface area (Å²) in [4.78, 5) is 4.73. The highest BCUT2D eigenvalue weighted by molar-refractivity contribution is 5.79. The number of nitrogens with one attached hydrogen (secondary N) is 2. The Bertz CT molecular complexity index is 776. The molecule has 27 heavy (non-hydrogen) atoms. The molecule has 0 spiro atoms. The van der Waals surface area contributed by atoms with E-state index in [1.165, 1.54) is 11.6 Å². The third kappa shape index (κ3) is 4.67. The van der Waals surface area contributed by atoms with Crippen LogP contribution in [-0.2, 0) is 11.8 Å². The molecule has 6 heteroatoms. The van der Waals surface area contributed by atoms with Crippen LogP contribution < -0.4 is 10.6 Å². The van der Waals surface area contributed by atoms with Gasteiger partial charge in [0.15, 0.2) is 5.96 Å². The fourth-order valence-electron chi connectivity index (χ4n) is 3.46. The van der Waals surface area contributed by atoms with Crippen molar-refractivity contribution in [3.8, 4) is 0 Å². The van der Waals surface area contributed by atoms with E-state index in [4.69, 9.17) is 9.52 Å². The number of aryl methyl sites for hydroxylation is 2. The minimum atomic E-state index is -0.135. The molecule has 1 aliphatic carbocycles. The van der Waals surface area contributed by atoms with Crippen LogP contribution in [0.15, 0.2) is 33.8 Å². The van der Waals surface area contributed by atoms with Crippen LogP contribution in [0.1, 0.15) is 48.8 Å². The maximum Gasteiger partial charge on any atom is 0.191 e. The largest absolute Gasteiger partial charge is 0.361 e. The highest BCUT2D eigenvalue weighted by atomic mass is 19.1. The molecule has 1 heterocycles. The zero-order chi connectivity index (χ0) is 19.3. The van der Waals surface area contributed by atoms with Crippen molar-refractivity contribution >= 4 is 5.96 Å². The first-order valence-corrected chi connectivity index (χ1v) is 9.74. The minimum Gasteiger partial charge on any atom is -0.361 e. The van der Waals surface area contributed by atoms with Crippen molar-refractivity contribution < 1.29 is 8.91 Å². The second kappa shape index (κ2) is 8.55. The highest BCUT2D eigenvalue weighted by Crippen LogP contribution is 2.49. The number of benzene rings is 1. The zero-order valence-corrected chi connectivity index (χ0v) is 16.4. The minimum absolute atomic E-state index is 0.123. The summed E-state index contributed by atoms with van der Waals surface area (Å²) in [6, 6.07) is 7.07. The Morgan fingerprint density at radius 1 is 1.26 bits per heavy atom. The molecule has 2 N–H and O–H groups in total. The van der Waals surface area contributed by atoms with E-state index in [1.807, 2.05) is 32.9 Å². The van der Waals surface area contributed by atoms with Gasteiger partial charge < -0.3 is 15.2 Å². The first-order valence-electron chi connectivity index (χ1n) is 9.74. The Kier molecular flexibility index (Phi) is 6.14. The average Bonchev–Trinajstić information content (AvgIpc) is 3.38. The molecule has 146 valence electrons. The van der Waals surface area contributed by atoms with Gasteiger partial charge in [-0.25, -0.2) is 4.39 Å². The Morgan fingerprint density at radius 3 is 2.67 bits per heavy atom. The van der Waals surface area contributed by atoms with Crippen LogP contribution in [0.2, 0.25) is 0 Å². The lowest BCUT2D eigenvalue weighted by Gasteiger charge is -2.16. The van der Waals surface area contributed by atoms with Crippen molar-refractivity contribution in [2.45, 2.75) is 51.9 Å². The van der Waals surface area contributed by atoms with E-state index in [1.54, 1.807) is 6.07 Å². The van der Waals surface area contributed by atoms with Crippen LogP contribution >= 0.6 is 0 Å². The molecule has 3 rings (SSSR count). The summed E-state index contributed by atoms with van der Waals surface area (Å²) in [5.74, 6) is 1.56. The second-order valence-corrected chi connectivity index (χ2v) is 7.29. The number of hydrogen-bond donors (Lipinski definition) is 2. The van der Waals surface area contributed by atoms with Crippen LogP contribution in [-0.4, -0.2) is 30.8 Å². The van der Waals surface area contributed by atoms with E-state index in [2.05, 4.69) is 15.8 Å². The predicted molar refractivity (Wildman–Crippen MR) is 106 cm³/mol.